The molecule has 1 atom stereocenters. The van der Waals surface area contributed by atoms with Crippen molar-refractivity contribution in [1.82, 2.24) is 0 Å². The minimum atomic E-state index is -4.43. The summed E-state index contributed by atoms with van der Waals surface area (Å²) in [5, 5.41) is 4.44. The zero-order chi connectivity index (χ0) is 31.9. The van der Waals surface area contributed by atoms with Gasteiger partial charge in [-0.2, -0.15) is 21.4 Å². The minimum absolute atomic E-state index is 0.182. The molecule has 0 saturated carbocycles. The Kier molecular flexibility index (Phi) is 8.81. The molecule has 0 radical (unpaired) electrons. The van der Waals surface area contributed by atoms with Gasteiger partial charge in [0.05, 0.1) is 21.9 Å². The van der Waals surface area contributed by atoms with Crippen molar-refractivity contribution in [3.8, 4) is 0 Å². The van der Waals surface area contributed by atoms with Gasteiger partial charge in [-0.25, -0.2) is 0 Å². The molecule has 1 unspecified atom stereocenters. The summed E-state index contributed by atoms with van der Waals surface area (Å²) in [6.07, 6.45) is 5.10. The van der Waals surface area contributed by atoms with Gasteiger partial charge in [0.2, 0.25) is 5.52 Å². The SMILES string of the molecule is CCC(=Cc1sc2ccc3ccccc3c2[n+]1CCCS(=O)(=O)O)C=C1Sc2ccc3ccccc3c2N1C(CC)S(=O)(=O)O. The number of thiazole rings is 1. The molecular weight excluding hydrogens is 649 g/mol. The zero-order valence-electron chi connectivity index (χ0n) is 24.8. The fourth-order valence-electron chi connectivity index (χ4n) is 5.92. The predicted octanol–water partition coefficient (Wildman–Crippen LogP) is 7.64. The normalized spacial score (nSPS) is 15.9. The van der Waals surface area contributed by atoms with Crippen molar-refractivity contribution in [2.24, 2.45) is 0 Å². The van der Waals surface area contributed by atoms with Gasteiger partial charge in [-0.15, -0.1) is 0 Å². The molecule has 1 aromatic heterocycles. The van der Waals surface area contributed by atoms with Crippen LogP contribution in [0.2, 0.25) is 0 Å². The maximum absolute atomic E-state index is 12.7. The van der Waals surface area contributed by atoms with Crippen LogP contribution in [0.3, 0.4) is 0 Å². The average Bonchev–Trinajstić information content (AvgIpc) is 3.53. The number of fused-ring (bicyclic) bond motifs is 6. The van der Waals surface area contributed by atoms with Crippen LogP contribution in [-0.4, -0.2) is 37.1 Å². The summed E-state index contributed by atoms with van der Waals surface area (Å²) in [5.74, 6) is -0.345. The third-order valence-electron chi connectivity index (χ3n) is 7.96. The van der Waals surface area contributed by atoms with E-state index in [0.717, 1.165) is 52.9 Å². The largest absolute Gasteiger partial charge is 0.314 e. The van der Waals surface area contributed by atoms with E-state index in [1.807, 2.05) is 67.6 Å². The molecule has 45 heavy (non-hydrogen) atoms. The van der Waals surface area contributed by atoms with Crippen LogP contribution >= 0.6 is 23.1 Å². The van der Waals surface area contributed by atoms with Gasteiger partial charge >= 0.3 is 0 Å². The highest BCUT2D eigenvalue weighted by Crippen LogP contribution is 2.51. The number of aryl methyl sites for hydroxylation is 1. The van der Waals surface area contributed by atoms with Crippen LogP contribution in [-0.2, 0) is 26.8 Å². The van der Waals surface area contributed by atoms with Crippen molar-refractivity contribution in [1.29, 1.82) is 0 Å². The van der Waals surface area contributed by atoms with E-state index >= 15 is 0 Å². The summed E-state index contributed by atoms with van der Waals surface area (Å²) in [5.41, 5.74) is 2.69. The fourth-order valence-corrected chi connectivity index (χ4v) is 9.76. The van der Waals surface area contributed by atoms with Gasteiger partial charge in [-0.1, -0.05) is 91.5 Å². The van der Waals surface area contributed by atoms with E-state index in [2.05, 4.69) is 28.8 Å². The molecule has 2 N–H and O–H groups in total. The molecule has 1 aliphatic rings. The van der Waals surface area contributed by atoms with Crippen molar-refractivity contribution in [2.45, 2.75) is 49.9 Å². The van der Waals surface area contributed by atoms with E-state index in [-0.39, 0.29) is 18.6 Å². The Labute approximate surface area is 271 Å². The first kappa shape index (κ1) is 31.7. The highest BCUT2D eigenvalue weighted by molar-refractivity contribution is 8.03. The van der Waals surface area contributed by atoms with Crippen LogP contribution in [0.15, 0.2) is 94.4 Å². The summed E-state index contributed by atoms with van der Waals surface area (Å²) in [4.78, 5) is 2.66. The molecule has 1 aliphatic heterocycles. The fraction of sp³-hybridized carbons (Fsp3) is 0.242. The molecule has 0 aliphatic carbocycles. The molecule has 0 fully saturated rings. The Morgan fingerprint density at radius 1 is 0.911 bits per heavy atom. The maximum atomic E-state index is 12.7. The van der Waals surface area contributed by atoms with Gasteiger partial charge in [0.25, 0.3) is 25.2 Å². The predicted molar refractivity (Wildman–Crippen MR) is 185 cm³/mol. The molecule has 0 saturated heterocycles. The monoisotopic (exact) mass is 681 g/mol. The Bertz CT molecular complexity index is 2220. The molecule has 4 aromatic carbocycles. The van der Waals surface area contributed by atoms with Crippen LogP contribution < -0.4 is 9.47 Å². The van der Waals surface area contributed by atoms with Crippen molar-refractivity contribution in [3.05, 3.63) is 94.5 Å². The quantitative estimate of drug-likeness (QED) is 0.114. The highest BCUT2D eigenvalue weighted by atomic mass is 32.2. The first-order chi connectivity index (χ1) is 21.5. The summed E-state index contributed by atoms with van der Waals surface area (Å²) in [6, 6.07) is 24.0. The van der Waals surface area contributed by atoms with Crippen molar-refractivity contribution in [3.63, 3.8) is 0 Å². The van der Waals surface area contributed by atoms with E-state index in [9.17, 15) is 25.9 Å². The molecule has 234 valence electrons. The lowest BCUT2D eigenvalue weighted by Gasteiger charge is -2.28. The Morgan fingerprint density at radius 2 is 1.58 bits per heavy atom. The number of thioether (sulfide) groups is 1. The van der Waals surface area contributed by atoms with Crippen LogP contribution in [0.1, 0.15) is 38.1 Å². The van der Waals surface area contributed by atoms with E-state index in [4.69, 9.17) is 0 Å². The number of benzene rings is 4. The third kappa shape index (κ3) is 6.40. The van der Waals surface area contributed by atoms with E-state index in [1.165, 1.54) is 11.8 Å². The summed E-state index contributed by atoms with van der Waals surface area (Å²) in [6.45, 7) is 4.16. The molecule has 8 nitrogen and oxygen atoms in total. The molecule has 6 rings (SSSR count). The van der Waals surface area contributed by atoms with E-state index < -0.39 is 25.6 Å². The van der Waals surface area contributed by atoms with Crippen LogP contribution in [0.4, 0.5) is 5.69 Å². The van der Waals surface area contributed by atoms with Gasteiger partial charge in [0.15, 0.2) is 11.9 Å². The van der Waals surface area contributed by atoms with Gasteiger partial charge in [0, 0.05) is 22.8 Å². The topological polar surface area (TPSA) is 116 Å². The molecule has 2 heterocycles. The number of rotatable bonds is 10. The van der Waals surface area contributed by atoms with Gasteiger partial charge in [-0.3, -0.25) is 9.11 Å². The van der Waals surface area contributed by atoms with Gasteiger partial charge in [0.1, 0.15) is 4.70 Å². The highest BCUT2D eigenvalue weighted by Gasteiger charge is 2.38. The second-order valence-corrected chi connectivity index (χ2v) is 16.2. The third-order valence-corrected chi connectivity index (χ3v) is 12.2. The number of allylic oxidation sites excluding steroid dienone is 2. The molecule has 0 bridgehead atoms. The second kappa shape index (κ2) is 12.5. The molecule has 5 aromatic rings. The van der Waals surface area contributed by atoms with Crippen LogP contribution in [0, 0.1) is 0 Å². The lowest BCUT2D eigenvalue weighted by atomic mass is 10.1. The average molecular weight is 682 g/mol. The second-order valence-electron chi connectivity index (χ2n) is 10.9. The molecule has 0 amide bonds. The number of hydrogen-bond acceptors (Lipinski definition) is 7. The van der Waals surface area contributed by atoms with Crippen LogP contribution in [0.25, 0.3) is 37.8 Å². The van der Waals surface area contributed by atoms with Crippen molar-refractivity contribution in [2.75, 3.05) is 10.7 Å². The van der Waals surface area contributed by atoms with Gasteiger partial charge in [-0.05, 0) is 53.5 Å². The number of nitrogens with zero attached hydrogens (tertiary/aromatic N) is 2. The Balaban J connectivity index is 1.51. The summed E-state index contributed by atoms with van der Waals surface area (Å²) >= 11 is 3.07. The van der Waals surface area contributed by atoms with Crippen molar-refractivity contribution < 1.29 is 30.5 Å². The van der Waals surface area contributed by atoms with E-state index in [0.29, 0.717) is 18.0 Å². The van der Waals surface area contributed by atoms with Crippen molar-refractivity contribution >= 4 is 86.9 Å². The summed E-state index contributed by atoms with van der Waals surface area (Å²) < 4.78 is 71.4. The molecule has 0 spiro atoms. The van der Waals surface area contributed by atoms with Gasteiger partial charge < -0.3 is 4.90 Å². The molecule has 12 heteroatoms. The minimum Gasteiger partial charge on any atom is -0.314 e. The number of hydrogen-bond donors (Lipinski definition) is 2. The maximum Gasteiger partial charge on any atom is 0.286 e. The number of aromatic nitrogens is 1. The van der Waals surface area contributed by atoms with Crippen LogP contribution in [0.5, 0.6) is 0 Å². The Morgan fingerprint density at radius 3 is 2.24 bits per heavy atom. The molecular formula is C33H33N2O6S4+. The first-order valence-electron chi connectivity index (χ1n) is 14.6. The first-order valence-corrected chi connectivity index (χ1v) is 19.4. The number of anilines is 1. The summed E-state index contributed by atoms with van der Waals surface area (Å²) in [7, 11) is -8.54. The standard InChI is InChI=1S/C33H32N2O6S4/c1-3-22(20-29-34(18-9-19-44(36,37)38)32-25-12-7-5-10-23(25)14-16-27(32)42-29)21-30-35(31(4-2)45(39,40)41)33-26-13-8-6-11-24(26)15-17-28(33)43-30/h5-8,10-17,20-21,31H,3-4,9,18-19H2,1-2H3,(H-,36,37,38,39,40,41)/p+1. The lowest BCUT2D eigenvalue weighted by Crippen LogP contribution is -2.38. The Hall–Kier alpha value is -3.26. The van der Waals surface area contributed by atoms with E-state index in [1.54, 1.807) is 23.2 Å². The smallest absolute Gasteiger partial charge is 0.286 e. The zero-order valence-corrected chi connectivity index (χ0v) is 28.0. The lowest BCUT2D eigenvalue weighted by molar-refractivity contribution is -0.667.